The minimum Gasteiger partial charge on any atom is -0.394 e. The largest absolute Gasteiger partial charge is 0.397 e. The lowest BCUT2D eigenvalue weighted by Gasteiger charge is -2.41. The second kappa shape index (κ2) is 49.2. The van der Waals surface area contributed by atoms with Crippen LogP contribution in [0.15, 0.2) is 24.3 Å². The zero-order valence-electron chi connectivity index (χ0n) is 46.3. The van der Waals surface area contributed by atoms with Gasteiger partial charge in [-0.05, 0) is 44.9 Å². The van der Waals surface area contributed by atoms with E-state index in [1.165, 1.54) is 225 Å². The Hall–Kier alpha value is -1.42. The van der Waals surface area contributed by atoms with Crippen molar-refractivity contribution < 1.29 is 51.8 Å². The third-order valence-corrected chi connectivity index (χ3v) is 14.9. The first kappa shape index (κ1) is 68.6. The molecule has 426 valence electrons. The Morgan fingerprint density at radius 1 is 0.542 bits per heavy atom. The third kappa shape index (κ3) is 40.8. The molecule has 1 amide bonds. The van der Waals surface area contributed by atoms with Gasteiger partial charge in [0.25, 0.3) is 0 Å². The fraction of sp³-hybridized carbons (Fsp3) is 0.915. The van der Waals surface area contributed by atoms with Crippen molar-refractivity contribution in [2.75, 3.05) is 13.2 Å². The van der Waals surface area contributed by atoms with Gasteiger partial charge < -0.3 is 35.2 Å². The van der Waals surface area contributed by atoms with Crippen LogP contribution in [0.5, 0.6) is 0 Å². The summed E-state index contributed by atoms with van der Waals surface area (Å²) in [5, 5.41) is 45.0. The van der Waals surface area contributed by atoms with Gasteiger partial charge in [-0.25, -0.2) is 4.18 Å². The minimum absolute atomic E-state index is 0.259. The van der Waals surface area contributed by atoms with E-state index < -0.39 is 59.9 Å². The molecule has 7 unspecified atom stereocenters. The molecule has 12 nitrogen and oxygen atoms in total. The molecule has 0 spiro atoms. The summed E-state index contributed by atoms with van der Waals surface area (Å²) in [6, 6.07) is -0.943. The van der Waals surface area contributed by atoms with Gasteiger partial charge in [0.2, 0.25) is 5.91 Å². The van der Waals surface area contributed by atoms with Crippen LogP contribution >= 0.6 is 0 Å². The lowest BCUT2D eigenvalue weighted by molar-refractivity contribution is -0.298. The van der Waals surface area contributed by atoms with Gasteiger partial charge in [0, 0.05) is 6.42 Å². The van der Waals surface area contributed by atoms with Gasteiger partial charge in [-0.15, -0.1) is 0 Å². The Balaban J connectivity index is 2.31. The molecular weight excluding hydrogens is 931 g/mol. The van der Waals surface area contributed by atoms with Crippen molar-refractivity contribution in [3.05, 3.63) is 24.3 Å². The molecular formula is C59H113NO11S. The van der Waals surface area contributed by atoms with Crippen molar-refractivity contribution in [1.29, 1.82) is 0 Å². The first-order valence-corrected chi connectivity index (χ1v) is 31.6. The predicted octanol–water partition coefficient (Wildman–Crippen LogP) is 14.4. The van der Waals surface area contributed by atoms with Crippen LogP contribution < -0.4 is 5.32 Å². The number of aliphatic hydroxyl groups excluding tert-OH is 4. The number of hydrogen-bond acceptors (Lipinski definition) is 10. The van der Waals surface area contributed by atoms with Gasteiger partial charge in [-0.2, -0.15) is 8.42 Å². The van der Waals surface area contributed by atoms with Crippen LogP contribution in [-0.4, -0.2) is 95.4 Å². The first-order chi connectivity index (χ1) is 35.0. The van der Waals surface area contributed by atoms with Crippen LogP contribution in [0, 0.1) is 0 Å². The number of hydrogen-bond donors (Lipinski definition) is 6. The molecule has 1 heterocycles. The molecule has 6 N–H and O–H groups in total. The van der Waals surface area contributed by atoms with Crippen LogP contribution in [-0.2, 0) is 28.9 Å². The van der Waals surface area contributed by atoms with E-state index in [4.69, 9.17) is 9.47 Å². The highest BCUT2D eigenvalue weighted by Crippen LogP contribution is 2.26. The number of rotatable bonds is 53. The Kier molecular flexibility index (Phi) is 46.8. The van der Waals surface area contributed by atoms with Crippen molar-refractivity contribution in [2.24, 2.45) is 0 Å². The minimum atomic E-state index is -5.09. The molecule has 1 rings (SSSR count). The van der Waals surface area contributed by atoms with Crippen molar-refractivity contribution >= 4 is 16.3 Å². The summed E-state index contributed by atoms with van der Waals surface area (Å²) in [4.78, 5) is 13.1. The lowest BCUT2D eigenvalue weighted by atomic mass is 9.99. The molecule has 1 saturated heterocycles. The van der Waals surface area contributed by atoms with Crippen LogP contribution in [0.25, 0.3) is 0 Å². The molecule has 0 bridgehead atoms. The Morgan fingerprint density at radius 2 is 0.889 bits per heavy atom. The number of ether oxygens (including phenoxy) is 2. The van der Waals surface area contributed by atoms with Crippen LogP contribution in [0.3, 0.4) is 0 Å². The Labute approximate surface area is 442 Å². The maximum atomic E-state index is 13.1. The number of carbonyl (C=O) groups is 1. The third-order valence-electron chi connectivity index (χ3n) is 14.5. The molecule has 1 aliphatic heterocycles. The van der Waals surface area contributed by atoms with Gasteiger partial charge in [-0.3, -0.25) is 9.35 Å². The summed E-state index contributed by atoms with van der Waals surface area (Å²) < 4.78 is 47.9. The summed E-state index contributed by atoms with van der Waals surface area (Å²) in [7, 11) is -5.09. The second-order valence-corrected chi connectivity index (χ2v) is 22.3. The summed E-state index contributed by atoms with van der Waals surface area (Å²) in [5.41, 5.74) is 0. The number of allylic oxidation sites excluding steroid dienone is 3. The average molecular weight is 1040 g/mol. The number of aliphatic hydroxyl groups is 4. The topological polar surface area (TPSA) is 192 Å². The molecule has 72 heavy (non-hydrogen) atoms. The number of carbonyl (C=O) groups excluding carboxylic acids is 1. The lowest BCUT2D eigenvalue weighted by Crippen LogP contribution is -2.61. The number of amides is 1. The van der Waals surface area contributed by atoms with Crippen molar-refractivity contribution in [3.8, 4) is 0 Å². The van der Waals surface area contributed by atoms with Crippen molar-refractivity contribution in [1.82, 2.24) is 5.32 Å². The number of unbranched alkanes of at least 4 members (excludes halogenated alkanes) is 39. The molecule has 0 radical (unpaired) electrons. The quantitative estimate of drug-likeness (QED) is 0.0193. The molecule has 0 saturated carbocycles. The summed E-state index contributed by atoms with van der Waals surface area (Å²) in [5.74, 6) is -0.259. The summed E-state index contributed by atoms with van der Waals surface area (Å²) >= 11 is 0. The zero-order valence-corrected chi connectivity index (χ0v) is 47.1. The first-order valence-electron chi connectivity index (χ1n) is 30.2. The fourth-order valence-corrected chi connectivity index (χ4v) is 10.3. The van der Waals surface area contributed by atoms with Gasteiger partial charge in [0.15, 0.2) is 6.29 Å². The highest BCUT2D eigenvalue weighted by atomic mass is 32.3. The smallest absolute Gasteiger partial charge is 0.394 e. The monoisotopic (exact) mass is 1040 g/mol. The van der Waals surface area contributed by atoms with E-state index in [0.717, 1.165) is 38.5 Å². The number of nitrogens with one attached hydrogen (secondary N) is 1. The van der Waals surface area contributed by atoms with Crippen LogP contribution in [0.1, 0.15) is 290 Å². The SMILES string of the molecule is CCCCCCCCCCCCCC/C=C\CCCCCCCCCCCCCCC(=O)NC(COC1OC(CO)C(O)C(OS(=O)(=O)O)C1O)C(O)/C=C/CCCCCCCCCCCCCCCCC. The predicted molar refractivity (Wildman–Crippen MR) is 296 cm³/mol. The molecule has 1 aliphatic rings. The second-order valence-electron chi connectivity index (χ2n) is 21.3. The van der Waals surface area contributed by atoms with E-state index in [9.17, 15) is 38.2 Å². The maximum absolute atomic E-state index is 13.1. The van der Waals surface area contributed by atoms with Crippen LogP contribution in [0.4, 0.5) is 0 Å². The van der Waals surface area contributed by atoms with E-state index in [-0.39, 0.29) is 18.9 Å². The van der Waals surface area contributed by atoms with Crippen LogP contribution in [0.2, 0.25) is 0 Å². The van der Waals surface area contributed by atoms with E-state index in [2.05, 4.69) is 35.5 Å². The molecule has 0 aromatic heterocycles. The average Bonchev–Trinajstić information content (AvgIpc) is 3.36. The Morgan fingerprint density at radius 3 is 1.25 bits per heavy atom. The Bertz CT molecular complexity index is 1370. The summed E-state index contributed by atoms with van der Waals surface area (Å²) in [6.45, 7) is 3.43. The van der Waals surface area contributed by atoms with Gasteiger partial charge in [0.1, 0.15) is 24.4 Å². The zero-order chi connectivity index (χ0) is 52.6. The van der Waals surface area contributed by atoms with Crippen molar-refractivity contribution in [2.45, 2.75) is 333 Å². The molecule has 0 aliphatic carbocycles. The van der Waals surface area contributed by atoms with E-state index in [1.54, 1.807) is 6.08 Å². The van der Waals surface area contributed by atoms with E-state index in [0.29, 0.717) is 6.42 Å². The van der Waals surface area contributed by atoms with Crippen molar-refractivity contribution in [3.63, 3.8) is 0 Å². The van der Waals surface area contributed by atoms with E-state index in [1.807, 2.05) is 6.08 Å². The summed E-state index contributed by atoms with van der Waals surface area (Å²) in [6.07, 6.45) is 52.3. The maximum Gasteiger partial charge on any atom is 0.397 e. The molecule has 7 atom stereocenters. The van der Waals surface area contributed by atoms with Gasteiger partial charge in [-0.1, -0.05) is 263 Å². The van der Waals surface area contributed by atoms with Gasteiger partial charge in [0.05, 0.1) is 25.4 Å². The molecule has 1 fully saturated rings. The normalized spacial score (nSPS) is 19.5. The van der Waals surface area contributed by atoms with Gasteiger partial charge >= 0.3 is 10.4 Å². The fourth-order valence-electron chi connectivity index (χ4n) is 9.81. The standard InChI is InChI=1S/C59H113NO11S/c1-3-5-7-9-11-13-15-17-19-21-22-23-24-25-26-27-28-29-30-31-33-35-37-39-41-43-45-47-49-55(63)60-52(51-69-59-57(65)58(71-72(66,67)68)56(64)54(50-61)70-59)53(62)48-46-44-42-40-38-36-34-32-20-18-16-14-12-10-8-6-4-2/h25-26,46,48,52-54,56-59,61-62,64-65H,3-24,27-45,47,49-51H2,1-2H3,(H,60,63)(H,66,67,68)/b26-25-,48-46+. The highest BCUT2D eigenvalue weighted by molar-refractivity contribution is 7.80. The highest BCUT2D eigenvalue weighted by Gasteiger charge is 2.48. The molecule has 0 aromatic rings. The molecule has 0 aromatic carbocycles. The van der Waals surface area contributed by atoms with E-state index >= 15 is 0 Å². The molecule has 13 heteroatoms.